The van der Waals surface area contributed by atoms with Gasteiger partial charge in [-0.3, -0.25) is 4.79 Å². The summed E-state index contributed by atoms with van der Waals surface area (Å²) >= 11 is 0. The van der Waals surface area contributed by atoms with Crippen molar-refractivity contribution in [3.8, 4) is 5.75 Å². The monoisotopic (exact) mass is 276 g/mol. The van der Waals surface area contributed by atoms with Gasteiger partial charge in [0.1, 0.15) is 5.75 Å². The number of ether oxygens (including phenoxy) is 1. The van der Waals surface area contributed by atoms with Crippen LogP contribution in [0, 0.1) is 0 Å². The quantitative estimate of drug-likeness (QED) is 0.811. The standard InChI is InChI=1S/C16H24N2O2/c1-4-5-8-17-12(2)9-13-6-7-15-14(10-13)18(3)16(19)11-20-15/h6-7,10,12,17H,4-5,8-9,11H2,1-3H3. The van der Waals surface area contributed by atoms with Crippen molar-refractivity contribution in [1.29, 1.82) is 0 Å². The van der Waals surface area contributed by atoms with Crippen molar-refractivity contribution >= 4 is 11.6 Å². The van der Waals surface area contributed by atoms with Crippen LogP contribution in [0.5, 0.6) is 5.75 Å². The number of amides is 1. The number of hydrogen-bond acceptors (Lipinski definition) is 3. The van der Waals surface area contributed by atoms with Gasteiger partial charge >= 0.3 is 0 Å². The highest BCUT2D eigenvalue weighted by molar-refractivity contribution is 5.97. The van der Waals surface area contributed by atoms with Crippen LogP contribution in [0.15, 0.2) is 18.2 Å². The molecule has 0 saturated heterocycles. The lowest BCUT2D eigenvalue weighted by molar-refractivity contribution is -0.120. The highest BCUT2D eigenvalue weighted by atomic mass is 16.5. The molecular formula is C16H24N2O2. The van der Waals surface area contributed by atoms with E-state index in [4.69, 9.17) is 4.74 Å². The molecule has 0 radical (unpaired) electrons. The molecule has 20 heavy (non-hydrogen) atoms. The van der Waals surface area contributed by atoms with Gasteiger partial charge in [0.25, 0.3) is 5.91 Å². The summed E-state index contributed by atoms with van der Waals surface area (Å²) in [6, 6.07) is 6.54. The summed E-state index contributed by atoms with van der Waals surface area (Å²) in [6.45, 7) is 5.59. The van der Waals surface area contributed by atoms with Crippen molar-refractivity contribution in [3.63, 3.8) is 0 Å². The van der Waals surface area contributed by atoms with Crippen LogP contribution in [-0.4, -0.2) is 32.1 Å². The van der Waals surface area contributed by atoms with Gasteiger partial charge in [0, 0.05) is 13.1 Å². The van der Waals surface area contributed by atoms with E-state index in [0.717, 1.165) is 24.4 Å². The zero-order valence-electron chi connectivity index (χ0n) is 12.6. The fraction of sp³-hybridized carbons (Fsp3) is 0.562. The van der Waals surface area contributed by atoms with Crippen molar-refractivity contribution < 1.29 is 9.53 Å². The Morgan fingerprint density at radius 2 is 2.25 bits per heavy atom. The molecule has 1 aliphatic rings. The molecule has 4 heteroatoms. The van der Waals surface area contributed by atoms with Crippen LogP contribution in [0.1, 0.15) is 32.3 Å². The molecule has 1 heterocycles. The van der Waals surface area contributed by atoms with Crippen LogP contribution >= 0.6 is 0 Å². The maximum absolute atomic E-state index is 11.7. The van der Waals surface area contributed by atoms with E-state index in [0.29, 0.717) is 6.04 Å². The summed E-state index contributed by atoms with van der Waals surface area (Å²) in [4.78, 5) is 13.3. The Morgan fingerprint density at radius 3 is 3.00 bits per heavy atom. The number of benzene rings is 1. The predicted molar refractivity (Wildman–Crippen MR) is 81.4 cm³/mol. The highest BCUT2D eigenvalue weighted by Crippen LogP contribution is 2.32. The molecule has 0 fully saturated rings. The molecule has 1 N–H and O–H groups in total. The fourth-order valence-electron chi connectivity index (χ4n) is 2.40. The van der Waals surface area contributed by atoms with E-state index in [9.17, 15) is 4.79 Å². The van der Waals surface area contributed by atoms with Gasteiger partial charge < -0.3 is 15.0 Å². The van der Waals surface area contributed by atoms with Crippen molar-refractivity contribution in [1.82, 2.24) is 5.32 Å². The molecule has 1 aromatic carbocycles. The SMILES string of the molecule is CCCCNC(C)Cc1ccc2c(c1)N(C)C(=O)CO2. The topological polar surface area (TPSA) is 41.6 Å². The highest BCUT2D eigenvalue weighted by Gasteiger charge is 2.22. The number of rotatable bonds is 6. The van der Waals surface area contributed by atoms with E-state index in [1.54, 1.807) is 11.9 Å². The number of nitrogens with zero attached hydrogens (tertiary/aromatic N) is 1. The summed E-state index contributed by atoms with van der Waals surface area (Å²) in [5.41, 5.74) is 2.10. The first-order chi connectivity index (χ1) is 9.61. The summed E-state index contributed by atoms with van der Waals surface area (Å²) in [5, 5.41) is 3.52. The second-order valence-electron chi connectivity index (χ2n) is 5.46. The van der Waals surface area contributed by atoms with Gasteiger partial charge in [-0.15, -0.1) is 0 Å². The van der Waals surface area contributed by atoms with Gasteiger partial charge in [-0.05, 0) is 44.0 Å². The predicted octanol–water partition coefficient (Wildman–Crippen LogP) is 2.36. The smallest absolute Gasteiger partial charge is 0.264 e. The Kier molecular flexibility index (Phi) is 5.01. The minimum absolute atomic E-state index is 0.00349. The number of carbonyl (C=O) groups is 1. The first kappa shape index (κ1) is 14.9. The summed E-state index contributed by atoms with van der Waals surface area (Å²) in [7, 11) is 1.80. The molecule has 1 amide bonds. The van der Waals surface area contributed by atoms with Crippen LogP contribution in [0.4, 0.5) is 5.69 Å². The molecule has 1 unspecified atom stereocenters. The van der Waals surface area contributed by atoms with Crippen LogP contribution in [0.25, 0.3) is 0 Å². The van der Waals surface area contributed by atoms with E-state index in [2.05, 4.69) is 31.3 Å². The second-order valence-corrected chi connectivity index (χ2v) is 5.46. The van der Waals surface area contributed by atoms with Crippen LogP contribution in [0.2, 0.25) is 0 Å². The second kappa shape index (κ2) is 6.75. The molecule has 0 saturated carbocycles. The largest absolute Gasteiger partial charge is 0.482 e. The van der Waals surface area contributed by atoms with Gasteiger partial charge in [0.05, 0.1) is 5.69 Å². The van der Waals surface area contributed by atoms with Gasteiger partial charge in [-0.25, -0.2) is 0 Å². The molecule has 4 nitrogen and oxygen atoms in total. The molecule has 1 atom stereocenters. The summed E-state index contributed by atoms with van der Waals surface area (Å²) < 4.78 is 5.44. The van der Waals surface area contributed by atoms with Crippen molar-refractivity contribution in [2.75, 3.05) is 25.1 Å². The third-order valence-corrected chi connectivity index (χ3v) is 3.67. The Balaban J connectivity index is 2.01. The van der Waals surface area contributed by atoms with Crippen LogP contribution in [0.3, 0.4) is 0 Å². The van der Waals surface area contributed by atoms with Crippen molar-refractivity contribution in [2.45, 2.75) is 39.2 Å². The minimum Gasteiger partial charge on any atom is -0.482 e. The van der Waals surface area contributed by atoms with Crippen molar-refractivity contribution in [3.05, 3.63) is 23.8 Å². The Labute approximate surface area is 121 Å². The number of anilines is 1. The maximum Gasteiger partial charge on any atom is 0.264 e. The van der Waals surface area contributed by atoms with E-state index in [1.807, 2.05) is 6.07 Å². The molecule has 110 valence electrons. The van der Waals surface area contributed by atoms with Crippen LogP contribution < -0.4 is 15.0 Å². The van der Waals surface area contributed by atoms with E-state index in [-0.39, 0.29) is 12.5 Å². The van der Waals surface area contributed by atoms with Crippen molar-refractivity contribution in [2.24, 2.45) is 0 Å². The van der Waals surface area contributed by atoms with Gasteiger partial charge in [0.15, 0.2) is 6.61 Å². The van der Waals surface area contributed by atoms with Gasteiger partial charge in [-0.2, -0.15) is 0 Å². The first-order valence-corrected chi connectivity index (χ1v) is 7.37. The average molecular weight is 276 g/mol. The lowest BCUT2D eigenvalue weighted by Crippen LogP contribution is -2.35. The number of likely N-dealkylation sites (N-methyl/N-ethyl adjacent to an activating group) is 1. The summed E-state index contributed by atoms with van der Waals surface area (Å²) in [6.07, 6.45) is 3.38. The molecule has 0 aromatic heterocycles. The number of carbonyl (C=O) groups excluding carboxylic acids is 1. The lowest BCUT2D eigenvalue weighted by atomic mass is 10.0. The van der Waals surface area contributed by atoms with E-state index >= 15 is 0 Å². The van der Waals surface area contributed by atoms with E-state index < -0.39 is 0 Å². The zero-order chi connectivity index (χ0) is 14.5. The van der Waals surface area contributed by atoms with Gasteiger partial charge in [0.2, 0.25) is 0 Å². The number of unbranched alkanes of at least 4 members (excludes halogenated alkanes) is 1. The Morgan fingerprint density at radius 1 is 1.45 bits per heavy atom. The molecule has 1 aromatic rings. The molecule has 0 aliphatic carbocycles. The molecule has 1 aliphatic heterocycles. The third kappa shape index (κ3) is 3.51. The third-order valence-electron chi connectivity index (χ3n) is 3.67. The Hall–Kier alpha value is -1.55. The first-order valence-electron chi connectivity index (χ1n) is 7.37. The molecule has 2 rings (SSSR count). The number of nitrogens with one attached hydrogen (secondary N) is 1. The normalized spacial score (nSPS) is 15.8. The molecular weight excluding hydrogens is 252 g/mol. The Bertz CT molecular complexity index is 474. The fourth-order valence-corrected chi connectivity index (χ4v) is 2.40. The lowest BCUT2D eigenvalue weighted by Gasteiger charge is -2.26. The number of fused-ring (bicyclic) bond motifs is 1. The number of hydrogen-bond donors (Lipinski definition) is 1. The van der Waals surface area contributed by atoms with Crippen LogP contribution in [-0.2, 0) is 11.2 Å². The minimum atomic E-state index is 0.00349. The van der Waals surface area contributed by atoms with E-state index in [1.165, 1.54) is 18.4 Å². The average Bonchev–Trinajstić information content (AvgIpc) is 2.44. The maximum atomic E-state index is 11.7. The molecule has 0 spiro atoms. The van der Waals surface area contributed by atoms with Gasteiger partial charge in [-0.1, -0.05) is 19.4 Å². The summed E-state index contributed by atoms with van der Waals surface area (Å²) in [5.74, 6) is 0.797. The zero-order valence-corrected chi connectivity index (χ0v) is 12.6. The molecule has 0 bridgehead atoms.